The van der Waals surface area contributed by atoms with Gasteiger partial charge in [0, 0.05) is 59.6 Å². The molecule has 1 aromatic carbocycles. The van der Waals surface area contributed by atoms with Crippen molar-refractivity contribution in [2.24, 2.45) is 5.73 Å². The number of hydrogen-bond acceptors (Lipinski definition) is 7. The number of rotatable bonds is 4. The third kappa shape index (κ3) is 3.33. The van der Waals surface area contributed by atoms with Crippen molar-refractivity contribution in [2.75, 3.05) is 25.5 Å². The Hall–Kier alpha value is -3.29. The number of pyridine rings is 2. The summed E-state index contributed by atoms with van der Waals surface area (Å²) in [5.41, 5.74) is 15.9. The first kappa shape index (κ1) is 18.1. The van der Waals surface area contributed by atoms with Crippen LogP contribution < -0.4 is 16.8 Å². The van der Waals surface area contributed by atoms with Crippen LogP contribution in [0.4, 0.5) is 5.82 Å². The normalized spacial score (nSPS) is 17.6. The minimum Gasteiger partial charge on any atom is -0.404 e. The number of hydrogen-bond donors (Lipinski definition) is 4. The van der Waals surface area contributed by atoms with Crippen molar-refractivity contribution in [3.63, 3.8) is 0 Å². The van der Waals surface area contributed by atoms with Gasteiger partial charge in [-0.2, -0.15) is 0 Å². The maximum absolute atomic E-state index is 7.56. The Kier molecular flexibility index (Phi) is 5.01. The van der Waals surface area contributed by atoms with Gasteiger partial charge in [-0.1, -0.05) is 0 Å². The number of fused-ring (bicyclic) bond motifs is 1. The van der Waals surface area contributed by atoms with E-state index in [1.54, 1.807) is 12.4 Å². The summed E-state index contributed by atoms with van der Waals surface area (Å²) < 4.78 is 5.67. The van der Waals surface area contributed by atoms with Gasteiger partial charge in [-0.25, -0.2) is 4.98 Å². The second kappa shape index (κ2) is 7.75. The van der Waals surface area contributed by atoms with Gasteiger partial charge in [0.2, 0.25) is 0 Å². The lowest BCUT2D eigenvalue weighted by molar-refractivity contribution is 0.0773. The minimum absolute atomic E-state index is 0.0997. The molecule has 1 saturated heterocycles. The van der Waals surface area contributed by atoms with E-state index in [0.717, 1.165) is 40.6 Å². The zero-order valence-electron chi connectivity index (χ0n) is 15.4. The Balaban J connectivity index is 1.87. The Labute approximate surface area is 162 Å². The number of nitrogens with one attached hydrogen (secondary N) is 2. The summed E-state index contributed by atoms with van der Waals surface area (Å²) >= 11 is 0. The number of morpholine rings is 1. The highest BCUT2D eigenvalue weighted by molar-refractivity contribution is 6.10. The molecular formula is C21H22N6O. The predicted octanol–water partition coefficient (Wildman–Crippen LogP) is 2.49. The second-order valence-electron chi connectivity index (χ2n) is 6.67. The highest BCUT2D eigenvalue weighted by atomic mass is 16.5. The van der Waals surface area contributed by atoms with Gasteiger partial charge < -0.3 is 26.9 Å². The van der Waals surface area contributed by atoms with Gasteiger partial charge in [0.15, 0.2) is 0 Å². The lowest BCUT2D eigenvalue weighted by atomic mass is 9.93. The number of ether oxygens (including phenoxy) is 1. The molecule has 1 fully saturated rings. The Morgan fingerprint density at radius 1 is 1.25 bits per heavy atom. The Morgan fingerprint density at radius 2 is 2.14 bits per heavy atom. The van der Waals surface area contributed by atoms with Crippen LogP contribution in [0.25, 0.3) is 27.5 Å². The van der Waals surface area contributed by atoms with E-state index < -0.39 is 0 Å². The minimum atomic E-state index is 0.0997. The van der Waals surface area contributed by atoms with Crippen LogP contribution >= 0.6 is 0 Å². The van der Waals surface area contributed by atoms with Crippen molar-refractivity contribution < 1.29 is 4.74 Å². The standard InChI is InChI=1S/C21H22N6O/c22-8-16(9-23)17-7-15(10-27-21(17)24)14-5-13-1-2-25-11-19(13)18(6-14)20-12-28-4-3-26-20/h1-2,5-11,20,22,26H,3-4,12,23H2,(H2,24,27)/b16-9+,22-8?. The number of allylic oxidation sites excluding steroid dienone is 1. The summed E-state index contributed by atoms with van der Waals surface area (Å²) in [5.74, 6) is 0.344. The van der Waals surface area contributed by atoms with E-state index in [1.165, 1.54) is 12.4 Å². The molecule has 0 aliphatic carbocycles. The molecule has 7 heteroatoms. The maximum Gasteiger partial charge on any atom is 0.131 e. The molecule has 0 spiro atoms. The van der Waals surface area contributed by atoms with Gasteiger partial charge in [-0.05, 0) is 40.8 Å². The highest BCUT2D eigenvalue weighted by Crippen LogP contribution is 2.33. The van der Waals surface area contributed by atoms with Gasteiger partial charge >= 0.3 is 0 Å². The number of nitrogens with zero attached hydrogens (tertiary/aromatic N) is 2. The first-order valence-corrected chi connectivity index (χ1v) is 9.08. The summed E-state index contributed by atoms with van der Waals surface area (Å²) in [5, 5.41) is 13.3. The van der Waals surface area contributed by atoms with E-state index in [0.29, 0.717) is 23.6 Å². The summed E-state index contributed by atoms with van der Waals surface area (Å²) in [6.45, 7) is 2.15. The maximum atomic E-state index is 7.56. The number of nitrogens with two attached hydrogens (primary N) is 2. The fourth-order valence-electron chi connectivity index (χ4n) is 3.53. The first-order chi connectivity index (χ1) is 13.7. The molecule has 0 bridgehead atoms. The van der Waals surface area contributed by atoms with Gasteiger partial charge in [-0.15, -0.1) is 0 Å². The van der Waals surface area contributed by atoms with Crippen LogP contribution in [0.5, 0.6) is 0 Å². The largest absolute Gasteiger partial charge is 0.404 e. The molecular weight excluding hydrogens is 352 g/mol. The summed E-state index contributed by atoms with van der Waals surface area (Å²) in [7, 11) is 0. The van der Waals surface area contributed by atoms with Gasteiger partial charge in [0.1, 0.15) is 5.82 Å². The SMILES string of the molecule is N=C/C(=C\N)c1cc(-c2cc(C3COCCN3)c3cnccc3c2)cnc1N. The van der Waals surface area contributed by atoms with Gasteiger partial charge in [0.25, 0.3) is 0 Å². The zero-order chi connectivity index (χ0) is 19.5. The molecule has 0 amide bonds. The summed E-state index contributed by atoms with van der Waals surface area (Å²) in [6.07, 6.45) is 7.97. The van der Waals surface area contributed by atoms with Crippen LogP contribution in [0.15, 0.2) is 49.1 Å². The Morgan fingerprint density at radius 3 is 2.89 bits per heavy atom. The number of nitrogen functional groups attached to an aromatic ring is 1. The molecule has 1 aliphatic rings. The lowest BCUT2D eigenvalue weighted by Gasteiger charge is -2.26. The summed E-state index contributed by atoms with van der Waals surface area (Å²) in [6, 6.07) is 8.27. The zero-order valence-corrected chi connectivity index (χ0v) is 15.4. The third-order valence-corrected chi connectivity index (χ3v) is 4.98. The Bertz CT molecular complexity index is 1060. The van der Waals surface area contributed by atoms with E-state index in [9.17, 15) is 0 Å². The molecule has 0 radical (unpaired) electrons. The second-order valence-corrected chi connectivity index (χ2v) is 6.67. The van der Waals surface area contributed by atoms with Crippen molar-refractivity contribution >= 4 is 28.4 Å². The van der Waals surface area contributed by atoms with Crippen molar-refractivity contribution in [2.45, 2.75) is 6.04 Å². The smallest absolute Gasteiger partial charge is 0.131 e. The van der Waals surface area contributed by atoms with E-state index in [4.69, 9.17) is 21.6 Å². The fraction of sp³-hybridized carbons (Fsp3) is 0.190. The van der Waals surface area contributed by atoms with Gasteiger partial charge in [0.05, 0.1) is 19.3 Å². The quantitative estimate of drug-likeness (QED) is 0.520. The topological polar surface area (TPSA) is 123 Å². The van der Waals surface area contributed by atoms with Crippen LogP contribution in [-0.2, 0) is 4.74 Å². The van der Waals surface area contributed by atoms with E-state index in [2.05, 4.69) is 27.4 Å². The average Bonchev–Trinajstić information content (AvgIpc) is 2.75. The van der Waals surface area contributed by atoms with Crippen LogP contribution in [0.1, 0.15) is 17.2 Å². The van der Waals surface area contributed by atoms with E-state index in [-0.39, 0.29) is 6.04 Å². The molecule has 1 aliphatic heterocycles. The fourth-order valence-corrected chi connectivity index (χ4v) is 3.53. The molecule has 7 nitrogen and oxygen atoms in total. The van der Waals surface area contributed by atoms with E-state index >= 15 is 0 Å². The third-order valence-electron chi connectivity index (χ3n) is 4.98. The van der Waals surface area contributed by atoms with Crippen LogP contribution in [0.3, 0.4) is 0 Å². The lowest BCUT2D eigenvalue weighted by Crippen LogP contribution is -2.34. The average molecular weight is 374 g/mol. The van der Waals surface area contributed by atoms with Crippen molar-refractivity contribution in [1.82, 2.24) is 15.3 Å². The molecule has 142 valence electrons. The number of benzene rings is 1. The monoisotopic (exact) mass is 374 g/mol. The molecule has 3 heterocycles. The van der Waals surface area contributed by atoms with Crippen LogP contribution in [-0.4, -0.2) is 35.9 Å². The highest BCUT2D eigenvalue weighted by Gasteiger charge is 2.19. The molecule has 3 aromatic rings. The van der Waals surface area contributed by atoms with Crippen LogP contribution in [0, 0.1) is 5.41 Å². The molecule has 2 aromatic heterocycles. The van der Waals surface area contributed by atoms with Gasteiger partial charge in [-0.3, -0.25) is 4.98 Å². The molecule has 6 N–H and O–H groups in total. The molecule has 4 rings (SSSR count). The van der Waals surface area contributed by atoms with Crippen molar-refractivity contribution in [3.8, 4) is 11.1 Å². The molecule has 1 unspecified atom stereocenters. The summed E-state index contributed by atoms with van der Waals surface area (Å²) in [4.78, 5) is 8.62. The molecule has 28 heavy (non-hydrogen) atoms. The predicted molar refractivity (Wildman–Crippen MR) is 112 cm³/mol. The number of anilines is 1. The first-order valence-electron chi connectivity index (χ1n) is 9.08. The van der Waals surface area contributed by atoms with Crippen molar-refractivity contribution in [3.05, 3.63) is 60.2 Å². The number of aromatic nitrogens is 2. The van der Waals surface area contributed by atoms with Crippen LogP contribution in [0.2, 0.25) is 0 Å². The molecule has 1 atom stereocenters. The molecule has 0 saturated carbocycles. The van der Waals surface area contributed by atoms with Crippen molar-refractivity contribution in [1.29, 1.82) is 5.41 Å². The van der Waals surface area contributed by atoms with E-state index in [1.807, 2.05) is 18.3 Å².